The Hall–Kier alpha value is -2.08. The van der Waals surface area contributed by atoms with Crippen LogP contribution in [-0.2, 0) is 14.3 Å². The summed E-state index contributed by atoms with van der Waals surface area (Å²) >= 11 is 0. The van der Waals surface area contributed by atoms with Crippen molar-refractivity contribution in [2.24, 2.45) is 0 Å². The lowest BCUT2D eigenvalue weighted by molar-refractivity contribution is -0.148. The molecule has 0 fully saturated rings. The zero-order valence-corrected chi connectivity index (χ0v) is 14.1. The van der Waals surface area contributed by atoms with Crippen LogP contribution in [0.2, 0.25) is 0 Å². The molecule has 0 spiro atoms. The van der Waals surface area contributed by atoms with Gasteiger partial charge in [-0.05, 0) is 37.8 Å². The smallest absolute Gasteiger partial charge is 0.306 e. The Morgan fingerprint density at radius 2 is 2.26 bits per heavy atom. The Morgan fingerprint density at radius 3 is 2.91 bits per heavy atom. The summed E-state index contributed by atoms with van der Waals surface area (Å²) in [6.07, 6.45) is 13.7. The quantitative estimate of drug-likeness (QED) is 0.221. The summed E-state index contributed by atoms with van der Waals surface area (Å²) in [6.45, 7) is 3.95. The number of unbranched alkanes of at least 4 members (excludes halogenated alkanes) is 1. The van der Waals surface area contributed by atoms with E-state index in [2.05, 4.69) is 11.8 Å². The minimum Gasteiger partial charge on any atom is -0.461 e. The topological polar surface area (TPSA) is 43.4 Å². The van der Waals surface area contributed by atoms with Crippen LogP contribution in [0.3, 0.4) is 0 Å². The Kier molecular flexibility index (Phi) is 9.47. The molecular formula is C20H26O3. The van der Waals surface area contributed by atoms with Gasteiger partial charge in [0.1, 0.15) is 6.10 Å². The van der Waals surface area contributed by atoms with E-state index in [1.165, 1.54) is 0 Å². The van der Waals surface area contributed by atoms with Crippen molar-refractivity contribution in [1.82, 2.24) is 0 Å². The van der Waals surface area contributed by atoms with Crippen LogP contribution < -0.4 is 0 Å². The number of allylic oxidation sites excluding steroid dienone is 5. The van der Waals surface area contributed by atoms with Gasteiger partial charge in [-0.2, -0.15) is 0 Å². The molecule has 1 unspecified atom stereocenters. The third kappa shape index (κ3) is 8.21. The second kappa shape index (κ2) is 11.5. The van der Waals surface area contributed by atoms with E-state index in [1.54, 1.807) is 6.08 Å². The van der Waals surface area contributed by atoms with Crippen LogP contribution in [0, 0.1) is 11.8 Å². The predicted molar refractivity (Wildman–Crippen MR) is 92.7 cm³/mol. The molecule has 1 aliphatic carbocycles. The van der Waals surface area contributed by atoms with Gasteiger partial charge in [0.2, 0.25) is 0 Å². The van der Waals surface area contributed by atoms with Crippen LogP contribution in [0.25, 0.3) is 0 Å². The number of rotatable bonds is 8. The molecule has 1 rings (SSSR count). The Morgan fingerprint density at radius 1 is 1.43 bits per heavy atom. The summed E-state index contributed by atoms with van der Waals surface area (Å²) < 4.78 is 5.53. The van der Waals surface area contributed by atoms with E-state index < -0.39 is 0 Å². The average molecular weight is 314 g/mol. The number of carbonyl (C=O) groups excluding carboxylic acids is 2. The molecule has 0 N–H and O–H groups in total. The molecule has 0 bridgehead atoms. The van der Waals surface area contributed by atoms with Gasteiger partial charge in [0.25, 0.3) is 0 Å². The van der Waals surface area contributed by atoms with Crippen LogP contribution >= 0.6 is 0 Å². The fraction of sp³-hybridized carbons (Fsp3) is 0.500. The number of ketones is 1. The third-order valence-corrected chi connectivity index (χ3v) is 3.47. The number of ether oxygens (including phenoxy) is 1. The molecule has 0 aliphatic heterocycles. The van der Waals surface area contributed by atoms with E-state index in [4.69, 9.17) is 4.74 Å². The summed E-state index contributed by atoms with van der Waals surface area (Å²) in [5.41, 5.74) is 0.780. The second-order valence-corrected chi connectivity index (χ2v) is 5.42. The van der Waals surface area contributed by atoms with Crippen molar-refractivity contribution in [3.05, 3.63) is 36.0 Å². The molecule has 0 saturated carbocycles. The molecule has 0 amide bonds. The summed E-state index contributed by atoms with van der Waals surface area (Å²) in [7, 11) is 0. The Bertz CT molecular complexity index is 541. The zero-order valence-electron chi connectivity index (χ0n) is 14.1. The SMILES string of the molecule is C/C=C\CCCC(=O)OC(CC#CCC)C/C=C1\CC=CC1=O. The monoisotopic (exact) mass is 314 g/mol. The Labute approximate surface area is 139 Å². The van der Waals surface area contributed by atoms with Crippen molar-refractivity contribution in [3.63, 3.8) is 0 Å². The van der Waals surface area contributed by atoms with E-state index in [-0.39, 0.29) is 17.9 Å². The largest absolute Gasteiger partial charge is 0.461 e. The average Bonchev–Trinajstić information content (AvgIpc) is 2.94. The normalized spacial score (nSPS) is 16.6. The van der Waals surface area contributed by atoms with E-state index >= 15 is 0 Å². The minimum absolute atomic E-state index is 0.0565. The van der Waals surface area contributed by atoms with Crippen molar-refractivity contribution in [3.8, 4) is 11.8 Å². The van der Waals surface area contributed by atoms with Gasteiger partial charge in [-0.1, -0.05) is 37.1 Å². The lowest BCUT2D eigenvalue weighted by atomic mass is 10.1. The molecule has 0 saturated heterocycles. The van der Waals surface area contributed by atoms with Crippen LogP contribution in [0.15, 0.2) is 36.0 Å². The number of hydrogen-bond acceptors (Lipinski definition) is 3. The van der Waals surface area contributed by atoms with Crippen molar-refractivity contribution >= 4 is 11.8 Å². The van der Waals surface area contributed by atoms with Gasteiger partial charge < -0.3 is 4.74 Å². The third-order valence-electron chi connectivity index (χ3n) is 3.47. The number of carbonyl (C=O) groups is 2. The van der Waals surface area contributed by atoms with Crippen molar-refractivity contribution in [2.75, 3.05) is 0 Å². The molecule has 1 aliphatic rings. The fourth-order valence-corrected chi connectivity index (χ4v) is 2.22. The molecule has 0 radical (unpaired) electrons. The Balaban J connectivity index is 2.50. The lowest BCUT2D eigenvalue weighted by Crippen LogP contribution is -2.17. The second-order valence-electron chi connectivity index (χ2n) is 5.42. The highest BCUT2D eigenvalue weighted by atomic mass is 16.5. The van der Waals surface area contributed by atoms with E-state index in [9.17, 15) is 9.59 Å². The first-order chi connectivity index (χ1) is 11.2. The molecule has 0 aromatic rings. The summed E-state index contributed by atoms with van der Waals surface area (Å²) in [5, 5.41) is 0. The maximum Gasteiger partial charge on any atom is 0.306 e. The van der Waals surface area contributed by atoms with Gasteiger partial charge in [-0.25, -0.2) is 0 Å². The molecule has 3 nitrogen and oxygen atoms in total. The first kappa shape index (κ1) is 19.0. The van der Waals surface area contributed by atoms with Crippen molar-refractivity contribution in [2.45, 2.75) is 64.9 Å². The van der Waals surface area contributed by atoms with Crippen molar-refractivity contribution in [1.29, 1.82) is 0 Å². The highest BCUT2D eigenvalue weighted by molar-refractivity contribution is 6.06. The number of esters is 1. The van der Waals surface area contributed by atoms with Crippen LogP contribution in [0.5, 0.6) is 0 Å². The molecule has 0 aromatic carbocycles. The van der Waals surface area contributed by atoms with E-state index in [0.29, 0.717) is 25.7 Å². The van der Waals surface area contributed by atoms with Gasteiger partial charge in [-0.15, -0.1) is 5.92 Å². The minimum atomic E-state index is -0.274. The van der Waals surface area contributed by atoms with Crippen LogP contribution in [-0.4, -0.2) is 17.9 Å². The standard InChI is InChI=1S/C20H26O3/c1-3-5-7-9-14-20(22)23-18(12-8-6-4-2)16-15-17-11-10-13-19(17)21/h3,5,10,13,15,18H,4,7,9,11-12,14,16H2,1-2H3/b5-3-,17-15+. The van der Waals surface area contributed by atoms with E-state index in [0.717, 1.165) is 24.8 Å². The highest BCUT2D eigenvalue weighted by Gasteiger charge is 2.15. The summed E-state index contributed by atoms with van der Waals surface area (Å²) in [6, 6.07) is 0. The van der Waals surface area contributed by atoms with Crippen molar-refractivity contribution < 1.29 is 14.3 Å². The first-order valence-corrected chi connectivity index (χ1v) is 8.33. The summed E-state index contributed by atoms with van der Waals surface area (Å²) in [4.78, 5) is 23.5. The molecule has 1 atom stereocenters. The van der Waals surface area contributed by atoms with E-state index in [1.807, 2.05) is 38.2 Å². The highest BCUT2D eigenvalue weighted by Crippen LogP contribution is 2.16. The number of hydrogen-bond donors (Lipinski definition) is 0. The van der Waals surface area contributed by atoms with Crippen LogP contribution in [0.4, 0.5) is 0 Å². The predicted octanol–water partition coefficient (Wildman–Crippen LogP) is 4.29. The molecule has 23 heavy (non-hydrogen) atoms. The molecule has 0 heterocycles. The lowest BCUT2D eigenvalue weighted by Gasteiger charge is -2.14. The fourth-order valence-electron chi connectivity index (χ4n) is 2.22. The molecule has 124 valence electrons. The van der Waals surface area contributed by atoms with Gasteiger partial charge in [-0.3, -0.25) is 9.59 Å². The van der Waals surface area contributed by atoms with Gasteiger partial charge in [0.15, 0.2) is 5.78 Å². The maximum absolute atomic E-state index is 11.9. The first-order valence-electron chi connectivity index (χ1n) is 8.33. The van der Waals surface area contributed by atoms with Gasteiger partial charge in [0, 0.05) is 25.7 Å². The summed E-state index contributed by atoms with van der Waals surface area (Å²) in [5.74, 6) is 5.90. The molecular weight excluding hydrogens is 288 g/mol. The van der Waals surface area contributed by atoms with Gasteiger partial charge in [0.05, 0.1) is 0 Å². The van der Waals surface area contributed by atoms with Gasteiger partial charge >= 0.3 is 5.97 Å². The maximum atomic E-state index is 11.9. The molecule has 0 aromatic heterocycles. The molecule has 3 heteroatoms. The van der Waals surface area contributed by atoms with Crippen LogP contribution in [0.1, 0.15) is 58.8 Å². The zero-order chi connectivity index (χ0) is 16.9.